The Bertz CT molecular complexity index is 481. The molecule has 0 bridgehead atoms. The fourth-order valence-corrected chi connectivity index (χ4v) is 2.11. The number of aliphatic hydroxyl groups is 1. The van der Waals surface area contributed by atoms with Crippen molar-refractivity contribution in [3.63, 3.8) is 0 Å². The standard InChI is InChI=1S/C15H21N3O/c1-17-13-16-11-15(17)12-18(9-10-19)8-7-14-5-3-2-4-6-14/h2-6,11,13,19H,7-10,12H2,1H3. The van der Waals surface area contributed by atoms with Crippen molar-refractivity contribution in [3.05, 3.63) is 54.1 Å². The summed E-state index contributed by atoms with van der Waals surface area (Å²) in [5.41, 5.74) is 2.50. The first-order valence-electron chi connectivity index (χ1n) is 6.62. The van der Waals surface area contributed by atoms with E-state index < -0.39 is 0 Å². The Morgan fingerprint density at radius 3 is 2.63 bits per heavy atom. The van der Waals surface area contributed by atoms with Crippen molar-refractivity contribution in [2.45, 2.75) is 13.0 Å². The topological polar surface area (TPSA) is 41.3 Å². The van der Waals surface area contributed by atoms with E-state index >= 15 is 0 Å². The summed E-state index contributed by atoms with van der Waals surface area (Å²) < 4.78 is 2.02. The summed E-state index contributed by atoms with van der Waals surface area (Å²) in [6, 6.07) is 10.4. The molecule has 1 aromatic carbocycles. The maximum Gasteiger partial charge on any atom is 0.0945 e. The summed E-state index contributed by atoms with van der Waals surface area (Å²) in [4.78, 5) is 6.38. The molecule has 19 heavy (non-hydrogen) atoms. The lowest BCUT2D eigenvalue weighted by Crippen LogP contribution is -2.29. The minimum atomic E-state index is 0.187. The Balaban J connectivity index is 1.91. The average molecular weight is 259 g/mol. The maximum atomic E-state index is 9.17. The van der Waals surface area contributed by atoms with Crippen molar-refractivity contribution in [2.75, 3.05) is 19.7 Å². The first-order valence-corrected chi connectivity index (χ1v) is 6.62. The van der Waals surface area contributed by atoms with Crippen LogP contribution in [0.5, 0.6) is 0 Å². The van der Waals surface area contributed by atoms with Crippen LogP contribution < -0.4 is 0 Å². The molecule has 0 amide bonds. The van der Waals surface area contributed by atoms with Gasteiger partial charge in [-0.2, -0.15) is 0 Å². The number of aryl methyl sites for hydroxylation is 1. The monoisotopic (exact) mass is 259 g/mol. The molecule has 0 aliphatic carbocycles. The number of nitrogens with zero attached hydrogens (tertiary/aromatic N) is 3. The largest absolute Gasteiger partial charge is 0.395 e. The van der Waals surface area contributed by atoms with Crippen LogP contribution in [0.3, 0.4) is 0 Å². The van der Waals surface area contributed by atoms with E-state index in [-0.39, 0.29) is 6.61 Å². The predicted molar refractivity (Wildman–Crippen MR) is 75.7 cm³/mol. The fraction of sp³-hybridized carbons (Fsp3) is 0.400. The SMILES string of the molecule is Cn1cncc1CN(CCO)CCc1ccccc1. The van der Waals surface area contributed by atoms with Crippen molar-refractivity contribution >= 4 is 0 Å². The molecule has 1 heterocycles. The molecule has 0 saturated carbocycles. The van der Waals surface area contributed by atoms with Gasteiger partial charge >= 0.3 is 0 Å². The van der Waals surface area contributed by atoms with Crippen LogP contribution in [0.4, 0.5) is 0 Å². The lowest BCUT2D eigenvalue weighted by atomic mass is 10.1. The Morgan fingerprint density at radius 1 is 1.21 bits per heavy atom. The molecule has 2 aromatic rings. The number of aliphatic hydroxyl groups excluding tert-OH is 1. The van der Waals surface area contributed by atoms with Crippen LogP contribution in [0.1, 0.15) is 11.3 Å². The second kappa shape index (κ2) is 7.07. The van der Waals surface area contributed by atoms with E-state index in [1.807, 2.05) is 30.2 Å². The number of hydrogen-bond donors (Lipinski definition) is 1. The Morgan fingerprint density at radius 2 is 2.00 bits per heavy atom. The second-order valence-electron chi connectivity index (χ2n) is 4.73. The molecule has 0 aliphatic rings. The van der Waals surface area contributed by atoms with Crippen LogP contribution in [0, 0.1) is 0 Å². The van der Waals surface area contributed by atoms with Crippen molar-refractivity contribution in [3.8, 4) is 0 Å². The third kappa shape index (κ3) is 4.19. The molecule has 0 unspecified atom stereocenters. The van der Waals surface area contributed by atoms with E-state index in [9.17, 15) is 0 Å². The Hall–Kier alpha value is -1.65. The van der Waals surface area contributed by atoms with Gasteiger partial charge < -0.3 is 9.67 Å². The molecule has 2 rings (SSSR count). The van der Waals surface area contributed by atoms with E-state index in [0.29, 0.717) is 6.54 Å². The van der Waals surface area contributed by atoms with Gasteiger partial charge in [0.2, 0.25) is 0 Å². The third-order valence-corrected chi connectivity index (χ3v) is 3.28. The van der Waals surface area contributed by atoms with Gasteiger partial charge in [0.25, 0.3) is 0 Å². The van der Waals surface area contributed by atoms with Crippen LogP contribution in [0.2, 0.25) is 0 Å². The third-order valence-electron chi connectivity index (χ3n) is 3.28. The van der Waals surface area contributed by atoms with Crippen molar-refractivity contribution in [1.82, 2.24) is 14.5 Å². The molecule has 0 aliphatic heterocycles. The molecule has 0 radical (unpaired) electrons. The van der Waals surface area contributed by atoms with E-state index in [0.717, 1.165) is 19.5 Å². The molecule has 4 heteroatoms. The number of imidazole rings is 1. The van der Waals surface area contributed by atoms with Gasteiger partial charge in [-0.1, -0.05) is 30.3 Å². The highest BCUT2D eigenvalue weighted by atomic mass is 16.3. The molecule has 0 spiro atoms. The zero-order chi connectivity index (χ0) is 13.5. The van der Waals surface area contributed by atoms with Gasteiger partial charge in [-0.25, -0.2) is 4.98 Å². The summed E-state index contributed by atoms with van der Waals surface area (Å²) in [5.74, 6) is 0. The Labute approximate surface area is 114 Å². The van der Waals surface area contributed by atoms with Crippen molar-refractivity contribution < 1.29 is 5.11 Å². The summed E-state index contributed by atoms with van der Waals surface area (Å²) in [7, 11) is 2.00. The molecule has 0 atom stereocenters. The van der Waals surface area contributed by atoms with E-state index in [1.165, 1.54) is 11.3 Å². The average Bonchev–Trinajstić information content (AvgIpc) is 2.83. The molecule has 0 fully saturated rings. The summed E-state index contributed by atoms with van der Waals surface area (Å²) in [6.45, 7) is 2.64. The molecular formula is C15H21N3O. The summed E-state index contributed by atoms with van der Waals surface area (Å²) in [5, 5.41) is 9.17. The first kappa shape index (κ1) is 13.8. The smallest absolute Gasteiger partial charge is 0.0945 e. The molecule has 1 aromatic heterocycles. The molecule has 0 saturated heterocycles. The maximum absolute atomic E-state index is 9.17. The minimum Gasteiger partial charge on any atom is -0.395 e. The van der Waals surface area contributed by atoms with Gasteiger partial charge in [-0.05, 0) is 12.0 Å². The van der Waals surface area contributed by atoms with E-state index in [4.69, 9.17) is 5.11 Å². The van der Waals surface area contributed by atoms with Gasteiger partial charge in [-0.3, -0.25) is 4.90 Å². The highest BCUT2D eigenvalue weighted by molar-refractivity contribution is 5.14. The van der Waals surface area contributed by atoms with Gasteiger partial charge in [-0.15, -0.1) is 0 Å². The van der Waals surface area contributed by atoms with E-state index in [1.54, 1.807) is 0 Å². The van der Waals surface area contributed by atoms with Crippen LogP contribution in [0.15, 0.2) is 42.9 Å². The van der Waals surface area contributed by atoms with Crippen molar-refractivity contribution in [1.29, 1.82) is 0 Å². The lowest BCUT2D eigenvalue weighted by molar-refractivity contribution is 0.189. The van der Waals surface area contributed by atoms with Crippen LogP contribution >= 0.6 is 0 Å². The van der Waals surface area contributed by atoms with Gasteiger partial charge in [0.1, 0.15) is 0 Å². The molecule has 102 valence electrons. The lowest BCUT2D eigenvalue weighted by Gasteiger charge is -2.21. The van der Waals surface area contributed by atoms with Gasteiger partial charge in [0.05, 0.1) is 18.6 Å². The zero-order valence-electron chi connectivity index (χ0n) is 11.4. The minimum absolute atomic E-state index is 0.187. The fourth-order valence-electron chi connectivity index (χ4n) is 2.11. The highest BCUT2D eigenvalue weighted by Crippen LogP contribution is 2.06. The van der Waals surface area contributed by atoms with Crippen LogP contribution in [-0.2, 0) is 20.0 Å². The van der Waals surface area contributed by atoms with Crippen LogP contribution in [0.25, 0.3) is 0 Å². The van der Waals surface area contributed by atoms with E-state index in [2.05, 4.69) is 34.1 Å². The second-order valence-corrected chi connectivity index (χ2v) is 4.73. The predicted octanol–water partition coefficient (Wildman–Crippen LogP) is 1.46. The molecular weight excluding hydrogens is 238 g/mol. The summed E-state index contributed by atoms with van der Waals surface area (Å²) in [6.07, 6.45) is 4.69. The Kier molecular flexibility index (Phi) is 5.12. The van der Waals surface area contributed by atoms with Crippen LogP contribution in [-0.4, -0.2) is 39.3 Å². The summed E-state index contributed by atoms with van der Waals surface area (Å²) >= 11 is 0. The number of rotatable bonds is 7. The highest BCUT2D eigenvalue weighted by Gasteiger charge is 2.08. The molecule has 1 N–H and O–H groups in total. The first-order chi connectivity index (χ1) is 9.29. The zero-order valence-corrected chi connectivity index (χ0v) is 11.4. The van der Waals surface area contributed by atoms with Gasteiger partial charge in [0.15, 0.2) is 0 Å². The number of benzene rings is 1. The number of aromatic nitrogens is 2. The quantitative estimate of drug-likeness (QED) is 0.818. The van der Waals surface area contributed by atoms with Crippen molar-refractivity contribution in [2.24, 2.45) is 7.05 Å². The normalized spacial score (nSPS) is 11.1. The van der Waals surface area contributed by atoms with Gasteiger partial charge in [0, 0.05) is 32.9 Å². The molecule has 4 nitrogen and oxygen atoms in total. The number of hydrogen-bond acceptors (Lipinski definition) is 3.